The van der Waals surface area contributed by atoms with Crippen molar-refractivity contribution in [1.29, 1.82) is 0 Å². The smallest absolute Gasteiger partial charge is 0.0651 e. The first-order chi connectivity index (χ1) is 48.9. The fourth-order valence-corrected chi connectivity index (χ4v) is 8.20. The number of hydrogen-bond donors (Lipinski definition) is 0. The van der Waals surface area contributed by atoms with Crippen LogP contribution in [-0.4, -0.2) is 0 Å². The fourth-order valence-electron chi connectivity index (χ4n) is 7.23. The fraction of sp³-hybridized carbons (Fsp3) is 0.0492. The van der Waals surface area contributed by atoms with E-state index in [4.69, 9.17) is 20.6 Å². The van der Waals surface area contributed by atoms with Crippen molar-refractivity contribution in [2.24, 2.45) is 0 Å². The van der Waals surface area contributed by atoms with Crippen LogP contribution in [-0.2, 0) is 5.41 Å². The third kappa shape index (κ3) is 6.21. The molecule has 0 spiro atoms. The summed E-state index contributed by atoms with van der Waals surface area (Å²) in [5.41, 5.74) is -24.1. The van der Waals surface area contributed by atoms with Gasteiger partial charge in [-0.2, -0.15) is 0 Å². The van der Waals surface area contributed by atoms with Crippen molar-refractivity contribution in [1.82, 2.24) is 0 Å². The summed E-state index contributed by atoms with van der Waals surface area (Å²) in [4.78, 5) is -0.0219. The molecule has 2 heteroatoms. The summed E-state index contributed by atoms with van der Waals surface area (Å²) in [5, 5.41) is -2.56. The first-order valence-corrected chi connectivity index (χ1v) is 19.1. The van der Waals surface area contributed by atoms with Gasteiger partial charge < -0.3 is 4.90 Å². The molecule has 12 rings (SSSR count). The number of anilines is 3. The van der Waals surface area contributed by atoms with E-state index in [0.717, 1.165) is 0 Å². The van der Waals surface area contributed by atoms with Crippen LogP contribution in [0, 0.1) is 0 Å². The van der Waals surface area contributed by atoms with E-state index >= 15 is 0 Å². The molecule has 10 aromatic carbocycles. The van der Waals surface area contributed by atoms with Gasteiger partial charge in [0.15, 0.2) is 0 Å². The summed E-state index contributed by atoms with van der Waals surface area (Å²) in [6.07, 6.45) is 0. The molecule has 63 heavy (non-hydrogen) atoms. The molecule has 0 radical (unpaired) electrons. The maximum atomic E-state index is 10.4. The van der Waals surface area contributed by atoms with Gasteiger partial charge in [0.2, 0.25) is 0 Å². The number of hydrogen-bond acceptors (Lipinski definition) is 2. The van der Waals surface area contributed by atoms with Crippen LogP contribution in [0.4, 0.5) is 17.1 Å². The molecule has 1 aromatic heterocycles. The van der Waals surface area contributed by atoms with Crippen molar-refractivity contribution in [3.63, 3.8) is 0 Å². The SMILES string of the molecule is [2H]c1c([2H])c([2H])c(-c2c([2H])c(-c3c([2H])c([2H])c([2H])c([2H])c3[2H])c([2H])c(N(c3c([2H])c([2H])c(-c4c([2H])c([2H])c5c([2H])c([2H])c([2H])c([2H])c5c4-c4c([2H])c([2H])c5c(sc6c([2H])c([2H])c([2H])c([2H])c65)c4[2H])c([2H])c3[2H])c3c([2H])c([2H])c([2H])c4c3C(C([2H])([2H])[2H])(C([2H])([2H])[2H])c3c([2H])c([2H])c([2H])c([2H])c3-4)c2[2H])c([2H])c1[2H]. The average molecular weight is 865 g/mol. The van der Waals surface area contributed by atoms with Crippen molar-refractivity contribution in [3.05, 3.63) is 235 Å². The van der Waals surface area contributed by atoms with Crippen LogP contribution < -0.4 is 4.90 Å². The topological polar surface area (TPSA) is 3.24 Å². The van der Waals surface area contributed by atoms with E-state index in [0.29, 0.717) is 11.3 Å². The minimum absolute atomic E-state index is 0.0219. The Morgan fingerprint density at radius 2 is 1.05 bits per heavy atom. The molecule has 0 saturated heterocycles. The highest BCUT2D eigenvalue weighted by Crippen LogP contribution is 2.55. The summed E-state index contributed by atoms with van der Waals surface area (Å²) < 4.78 is 401. The molecule has 0 unspecified atom stereocenters. The van der Waals surface area contributed by atoms with Gasteiger partial charge in [-0.3, -0.25) is 0 Å². The summed E-state index contributed by atoms with van der Waals surface area (Å²) in [5.74, 6) is 0. The molecule has 0 N–H and O–H groups in total. The molecule has 0 bridgehead atoms. The van der Waals surface area contributed by atoms with Crippen molar-refractivity contribution >= 4 is 59.3 Å². The van der Waals surface area contributed by atoms with Crippen molar-refractivity contribution < 1.29 is 58.9 Å². The van der Waals surface area contributed by atoms with Gasteiger partial charge in [-0.1, -0.05) is 189 Å². The molecule has 11 aromatic rings. The van der Waals surface area contributed by atoms with Crippen LogP contribution in [0.3, 0.4) is 0 Å². The second kappa shape index (κ2) is 14.8. The Kier molecular flexibility index (Phi) is 3.24. The van der Waals surface area contributed by atoms with Crippen molar-refractivity contribution in [2.45, 2.75) is 19.1 Å². The summed E-state index contributed by atoms with van der Waals surface area (Å²) in [6.45, 7) is -8.69. The molecule has 0 atom stereocenters. The minimum atomic E-state index is -4.35. The van der Waals surface area contributed by atoms with E-state index in [9.17, 15) is 38.4 Å². The maximum absolute atomic E-state index is 10.4. The normalized spacial score (nSPS) is 22.8. The maximum Gasteiger partial charge on any atom is 0.0651 e. The molecule has 1 aliphatic carbocycles. The monoisotopic (exact) mass is 865 g/mol. The highest BCUT2D eigenvalue weighted by Gasteiger charge is 2.38. The lowest BCUT2D eigenvalue weighted by Crippen LogP contribution is -2.20. The van der Waals surface area contributed by atoms with Gasteiger partial charge in [0, 0.05) is 45.2 Å². The average Bonchev–Trinajstić information content (AvgIpc) is 1.45. The van der Waals surface area contributed by atoms with Crippen molar-refractivity contribution in [3.8, 4) is 55.6 Å². The Morgan fingerprint density at radius 3 is 1.81 bits per heavy atom. The van der Waals surface area contributed by atoms with Gasteiger partial charge in [-0.15, -0.1) is 11.3 Å². The molecule has 1 nitrogen and oxygen atoms in total. The van der Waals surface area contributed by atoms with Crippen LogP contribution in [0.1, 0.15) is 83.8 Å². The summed E-state index contributed by atoms with van der Waals surface area (Å²) >= 11 is 0.481. The van der Waals surface area contributed by atoms with E-state index in [-0.39, 0.29) is 15.0 Å². The molecule has 0 amide bonds. The Bertz CT molecular complexity index is 5770. The summed E-state index contributed by atoms with van der Waals surface area (Å²) in [6, 6.07) is -46.5. The lowest BCUT2D eigenvalue weighted by Gasteiger charge is -2.33. The van der Waals surface area contributed by atoms with Gasteiger partial charge in [0.05, 0.1) is 56.4 Å². The molecule has 0 fully saturated rings. The van der Waals surface area contributed by atoms with E-state index in [1.165, 1.54) is 0 Å². The molecule has 1 heterocycles. The standard InChI is InChI=1S/C61H43NS/c1-61(2)55-25-13-11-22-51(55)54-24-15-26-56(60(54)61)62(48-37-45(40-16-5-3-6-17-40)36-46(38-48)41-18-7-4-8-19-41)47-32-28-43(29-33-47)50-34-30-42-20-9-10-21-49(42)59(50)44-31-35-53-52-23-12-14-27-57(52)63-58(53)39-44/h3-39H,1-2H3/i1D3,2D3,3D,4D,5D,6D,7D,8D,9D,10D,11D,12D,13D,14D,15D,16D,17D,18D,19D,20D,21D,22D,23D,24D,25D,26D,27D,28D,29D,30D,31D,32D,33D,34D,35D,36D,37D,38D,39D. The zero-order valence-corrected chi connectivity index (χ0v) is 32.2. The predicted octanol–water partition coefficient (Wildman–Crippen LogP) is 17.7. The minimum Gasteiger partial charge on any atom is -0.310 e. The molecule has 0 aliphatic heterocycles. The quantitative estimate of drug-likeness (QED) is 0.154. The molecule has 0 saturated carbocycles. The zero-order valence-electron chi connectivity index (χ0n) is 74.4. The third-order valence-electron chi connectivity index (χ3n) is 9.95. The van der Waals surface area contributed by atoms with Gasteiger partial charge in [0.25, 0.3) is 0 Å². The highest BCUT2D eigenvalue weighted by atomic mass is 32.1. The number of rotatable bonds is 7. The van der Waals surface area contributed by atoms with Crippen LogP contribution in [0.2, 0.25) is 0 Å². The van der Waals surface area contributed by atoms with E-state index in [1.54, 1.807) is 0 Å². The van der Waals surface area contributed by atoms with Crippen LogP contribution in [0.5, 0.6) is 0 Å². The Labute approximate surface area is 433 Å². The first kappa shape index (κ1) is 13.7. The van der Waals surface area contributed by atoms with E-state index < -0.39 is 347 Å². The predicted molar refractivity (Wildman–Crippen MR) is 271 cm³/mol. The number of fused-ring (bicyclic) bond motifs is 7. The highest BCUT2D eigenvalue weighted by molar-refractivity contribution is 7.25. The number of nitrogens with zero attached hydrogens (tertiary/aromatic N) is 1. The summed E-state index contributed by atoms with van der Waals surface area (Å²) in [7, 11) is 0. The largest absolute Gasteiger partial charge is 0.310 e. The van der Waals surface area contributed by atoms with Gasteiger partial charge in [-0.25, -0.2) is 0 Å². The lowest BCUT2D eigenvalue weighted by molar-refractivity contribution is 0.661. The molecule has 1 aliphatic rings. The first-order valence-electron chi connectivity index (χ1n) is 39.8. The van der Waals surface area contributed by atoms with E-state index in [2.05, 4.69) is 0 Å². The zero-order chi connectivity index (χ0) is 79.3. The van der Waals surface area contributed by atoms with Gasteiger partial charge in [-0.05, 0) is 126 Å². The molecular weight excluding hydrogens is 779 g/mol. The van der Waals surface area contributed by atoms with Gasteiger partial charge in [0.1, 0.15) is 0 Å². The second-order valence-corrected chi connectivity index (χ2v) is 14.5. The Morgan fingerprint density at radius 1 is 0.413 bits per heavy atom. The van der Waals surface area contributed by atoms with Crippen LogP contribution in [0.25, 0.3) is 86.6 Å². The lowest BCUT2D eigenvalue weighted by atomic mass is 9.81. The molecule has 298 valence electrons. The Balaban J connectivity index is 1.39. The van der Waals surface area contributed by atoms with Crippen LogP contribution >= 0.6 is 11.3 Å². The number of thiophene rings is 1. The van der Waals surface area contributed by atoms with Gasteiger partial charge >= 0.3 is 0 Å². The Hall–Kier alpha value is -7.52. The van der Waals surface area contributed by atoms with E-state index in [1.807, 2.05) is 0 Å². The molecular formula is C61H43NS. The van der Waals surface area contributed by atoms with Crippen molar-refractivity contribution in [2.75, 3.05) is 4.90 Å². The second-order valence-electron chi connectivity index (χ2n) is 13.5. The number of benzene rings is 10. The van der Waals surface area contributed by atoms with Crippen LogP contribution in [0.15, 0.2) is 224 Å². The third-order valence-corrected chi connectivity index (χ3v) is 11.0.